The molecule has 1 N–H and O–H groups in total. The molecule has 2 atom stereocenters. The Morgan fingerprint density at radius 3 is 2.34 bits per heavy atom. The molecule has 1 aromatic heterocycles. The van der Waals surface area contributed by atoms with Crippen LogP contribution in [0.2, 0.25) is 18.1 Å². The standard InChI is InChI=1S/C32H44N2O5SSi/c1-31(2,3)39-30(35)29-26(40(36,37)22-12-10-9-11-13-22)17-16-24-28(29)27-23-15-14-21(33-23)20-25(27)34(24)18-19-38-41(7,8)32(4,5)6/h9-13,16-17,21,23,33H,14-15,18-20H2,1-8H3. The van der Waals surface area contributed by atoms with Crippen LogP contribution in [0, 0.1) is 0 Å². The quantitative estimate of drug-likeness (QED) is 0.238. The summed E-state index contributed by atoms with van der Waals surface area (Å²) >= 11 is 0. The van der Waals surface area contributed by atoms with Crippen molar-refractivity contribution in [2.24, 2.45) is 0 Å². The SMILES string of the molecule is CC(C)(C)OC(=O)c1c(S(=O)(=O)c2ccccc2)ccc2c1c1c(n2CCO[Si](C)(C)C(C)(C)C)CC2CCC1N2. The number of rotatable bonds is 7. The average molecular weight is 597 g/mol. The lowest BCUT2D eigenvalue weighted by Crippen LogP contribution is -2.41. The van der Waals surface area contributed by atoms with Crippen LogP contribution in [0.1, 0.15) is 82.0 Å². The van der Waals surface area contributed by atoms with Gasteiger partial charge in [-0.3, -0.25) is 0 Å². The Labute approximate surface area is 245 Å². The van der Waals surface area contributed by atoms with Crippen molar-refractivity contribution in [1.29, 1.82) is 0 Å². The third kappa shape index (κ3) is 5.54. The highest BCUT2D eigenvalue weighted by Crippen LogP contribution is 2.45. The Bertz CT molecular complexity index is 1580. The zero-order chi connectivity index (χ0) is 30.0. The van der Waals surface area contributed by atoms with E-state index in [9.17, 15) is 13.2 Å². The van der Waals surface area contributed by atoms with Gasteiger partial charge in [-0.15, -0.1) is 0 Å². The number of hydrogen-bond donors (Lipinski definition) is 1. The maximum absolute atomic E-state index is 14.0. The van der Waals surface area contributed by atoms with Crippen LogP contribution in [-0.2, 0) is 32.0 Å². The zero-order valence-corrected chi connectivity index (χ0v) is 27.4. The van der Waals surface area contributed by atoms with Crippen LogP contribution in [0.4, 0.5) is 0 Å². The minimum absolute atomic E-state index is 0.0111. The van der Waals surface area contributed by atoms with Crippen molar-refractivity contribution in [1.82, 2.24) is 9.88 Å². The molecule has 5 rings (SSSR count). The monoisotopic (exact) mass is 596 g/mol. The average Bonchev–Trinajstić information content (AvgIpc) is 3.40. The summed E-state index contributed by atoms with van der Waals surface area (Å²) in [6.07, 6.45) is 2.82. The highest BCUT2D eigenvalue weighted by Gasteiger charge is 2.41. The molecular weight excluding hydrogens is 553 g/mol. The van der Waals surface area contributed by atoms with E-state index >= 15 is 0 Å². The van der Waals surface area contributed by atoms with E-state index in [2.05, 4.69) is 43.7 Å². The molecule has 7 nitrogen and oxygen atoms in total. The van der Waals surface area contributed by atoms with Gasteiger partial charge in [0.05, 0.1) is 22.0 Å². The number of aromatic nitrogens is 1. The first-order valence-electron chi connectivity index (χ1n) is 14.6. The summed E-state index contributed by atoms with van der Waals surface area (Å²) in [5.41, 5.74) is 2.41. The molecule has 2 aromatic carbocycles. The number of esters is 1. The minimum atomic E-state index is -4.00. The summed E-state index contributed by atoms with van der Waals surface area (Å²) in [6.45, 7) is 17.8. The summed E-state index contributed by atoms with van der Waals surface area (Å²) in [7, 11) is -5.96. The third-order valence-corrected chi connectivity index (χ3v) is 15.3. The predicted octanol–water partition coefficient (Wildman–Crippen LogP) is 6.80. The molecule has 0 amide bonds. The summed E-state index contributed by atoms with van der Waals surface area (Å²) in [6, 6.07) is 12.2. The van der Waals surface area contributed by atoms with E-state index in [1.807, 2.05) is 6.07 Å². The fourth-order valence-corrected chi connectivity index (χ4v) is 8.39. The van der Waals surface area contributed by atoms with Crippen LogP contribution in [0.3, 0.4) is 0 Å². The lowest BCUT2D eigenvalue weighted by molar-refractivity contribution is 0.00674. The third-order valence-electron chi connectivity index (χ3n) is 8.90. The summed E-state index contributed by atoms with van der Waals surface area (Å²) in [4.78, 5) is 14.1. The Kier molecular flexibility index (Phi) is 7.59. The van der Waals surface area contributed by atoms with Crippen molar-refractivity contribution in [3.05, 3.63) is 59.3 Å². The van der Waals surface area contributed by atoms with Crippen LogP contribution < -0.4 is 5.32 Å². The molecule has 3 aromatic rings. The predicted molar refractivity (Wildman–Crippen MR) is 165 cm³/mol. The van der Waals surface area contributed by atoms with Gasteiger partial charge in [0.2, 0.25) is 9.84 Å². The van der Waals surface area contributed by atoms with E-state index < -0.39 is 29.7 Å². The zero-order valence-electron chi connectivity index (χ0n) is 25.6. The number of fused-ring (bicyclic) bond motifs is 6. The largest absolute Gasteiger partial charge is 0.456 e. The molecule has 222 valence electrons. The van der Waals surface area contributed by atoms with Gasteiger partial charge in [0.15, 0.2) is 8.32 Å². The van der Waals surface area contributed by atoms with Crippen molar-refractivity contribution in [2.45, 2.75) is 113 Å². The molecule has 1 saturated heterocycles. The number of benzene rings is 2. The van der Waals surface area contributed by atoms with E-state index in [1.54, 1.807) is 57.2 Å². The maximum atomic E-state index is 14.0. The fraction of sp³-hybridized carbons (Fsp3) is 0.531. The van der Waals surface area contributed by atoms with Gasteiger partial charge in [-0.05, 0) is 81.6 Å². The topological polar surface area (TPSA) is 86.6 Å². The minimum Gasteiger partial charge on any atom is -0.456 e. The van der Waals surface area contributed by atoms with Gasteiger partial charge in [-0.1, -0.05) is 39.0 Å². The summed E-state index contributed by atoms with van der Waals surface area (Å²) in [5.74, 6) is -0.616. The lowest BCUT2D eigenvalue weighted by atomic mass is 9.96. The normalized spacial score (nSPS) is 19.4. The Morgan fingerprint density at radius 1 is 1.02 bits per heavy atom. The van der Waals surface area contributed by atoms with Crippen molar-refractivity contribution >= 4 is 35.0 Å². The molecule has 0 aliphatic carbocycles. The van der Waals surface area contributed by atoms with Crippen molar-refractivity contribution < 1.29 is 22.4 Å². The molecule has 2 aliphatic rings. The van der Waals surface area contributed by atoms with E-state index in [-0.39, 0.29) is 26.4 Å². The molecule has 0 spiro atoms. The molecular formula is C32H44N2O5SSi. The second-order valence-corrected chi connectivity index (χ2v) is 20.7. The van der Waals surface area contributed by atoms with E-state index in [1.165, 1.54) is 5.69 Å². The van der Waals surface area contributed by atoms with Gasteiger partial charge in [0.25, 0.3) is 0 Å². The van der Waals surface area contributed by atoms with Crippen molar-refractivity contribution in [2.75, 3.05) is 6.61 Å². The Morgan fingerprint density at radius 2 is 1.71 bits per heavy atom. The van der Waals surface area contributed by atoms with Crippen molar-refractivity contribution in [3.8, 4) is 0 Å². The fourth-order valence-electron chi connectivity index (χ4n) is 5.89. The smallest absolute Gasteiger partial charge is 0.340 e. The Hall–Kier alpha value is -2.46. The number of nitrogens with zero attached hydrogens (tertiary/aromatic N) is 1. The van der Waals surface area contributed by atoms with Crippen molar-refractivity contribution in [3.63, 3.8) is 0 Å². The van der Waals surface area contributed by atoms with Crippen LogP contribution in [0.25, 0.3) is 10.9 Å². The maximum Gasteiger partial charge on any atom is 0.340 e. The van der Waals surface area contributed by atoms with Crippen LogP contribution >= 0.6 is 0 Å². The first-order chi connectivity index (χ1) is 19.0. The second kappa shape index (κ2) is 10.4. The number of sulfone groups is 1. The first kappa shape index (κ1) is 30.0. The van der Waals surface area contributed by atoms with E-state index in [0.717, 1.165) is 30.3 Å². The molecule has 0 saturated carbocycles. The van der Waals surface area contributed by atoms with Gasteiger partial charge in [-0.25, -0.2) is 13.2 Å². The number of hydrogen-bond acceptors (Lipinski definition) is 6. The molecule has 0 radical (unpaired) electrons. The molecule has 41 heavy (non-hydrogen) atoms. The van der Waals surface area contributed by atoms with E-state index in [0.29, 0.717) is 24.6 Å². The van der Waals surface area contributed by atoms with Gasteiger partial charge < -0.3 is 19.0 Å². The Balaban J connectivity index is 1.73. The molecule has 9 heteroatoms. The summed E-state index contributed by atoms with van der Waals surface area (Å²) in [5, 5.41) is 4.50. The molecule has 2 bridgehead atoms. The van der Waals surface area contributed by atoms with Crippen LogP contribution in [-0.4, -0.2) is 45.5 Å². The molecule has 3 heterocycles. The number of carbonyl (C=O) groups excluding carboxylic acids is 1. The van der Waals surface area contributed by atoms with Gasteiger partial charge in [0.1, 0.15) is 5.60 Å². The first-order valence-corrected chi connectivity index (χ1v) is 19.0. The summed E-state index contributed by atoms with van der Waals surface area (Å²) < 4.78 is 42.8. The van der Waals surface area contributed by atoms with Gasteiger partial charge >= 0.3 is 5.97 Å². The highest BCUT2D eigenvalue weighted by atomic mass is 32.2. The number of carbonyl (C=O) groups is 1. The van der Waals surface area contributed by atoms with Crippen LogP contribution in [0.15, 0.2) is 52.3 Å². The molecule has 2 unspecified atom stereocenters. The van der Waals surface area contributed by atoms with Crippen LogP contribution in [0.5, 0.6) is 0 Å². The lowest BCUT2D eigenvalue weighted by Gasteiger charge is -2.36. The molecule has 1 fully saturated rings. The highest BCUT2D eigenvalue weighted by molar-refractivity contribution is 7.91. The molecule has 2 aliphatic heterocycles. The van der Waals surface area contributed by atoms with Gasteiger partial charge in [0, 0.05) is 41.6 Å². The number of nitrogens with one attached hydrogen (secondary N) is 1. The van der Waals surface area contributed by atoms with E-state index in [4.69, 9.17) is 9.16 Å². The number of ether oxygens (including phenoxy) is 1. The van der Waals surface area contributed by atoms with Gasteiger partial charge in [-0.2, -0.15) is 0 Å². The second-order valence-electron chi connectivity index (χ2n) is 14.0.